The van der Waals surface area contributed by atoms with Crippen molar-refractivity contribution in [2.75, 3.05) is 32.7 Å². The van der Waals surface area contributed by atoms with Gasteiger partial charge in [0.05, 0.1) is 0 Å². The van der Waals surface area contributed by atoms with Gasteiger partial charge in [0.15, 0.2) is 0 Å². The minimum Gasteiger partial charge on any atom is -0.340 e. The first-order valence-electron chi connectivity index (χ1n) is 7.61. The minimum atomic E-state index is 0.182. The van der Waals surface area contributed by atoms with Crippen LogP contribution in [0.3, 0.4) is 0 Å². The third kappa shape index (κ3) is 5.11. The molecule has 0 aliphatic carbocycles. The number of rotatable bonds is 6. The number of carbonyl (C=O) groups is 1. The summed E-state index contributed by atoms with van der Waals surface area (Å²) >= 11 is 0. The van der Waals surface area contributed by atoms with Crippen LogP contribution in [0, 0.1) is 5.41 Å². The largest absolute Gasteiger partial charge is 0.340 e. The lowest BCUT2D eigenvalue weighted by molar-refractivity contribution is -0.134. The van der Waals surface area contributed by atoms with Gasteiger partial charge in [-0.05, 0) is 38.3 Å². The SMILES string of the molecule is CCN1CCN(C(=O)CCC(C)(C)CCN)CC1C. The maximum atomic E-state index is 12.3. The molecule has 1 saturated heterocycles. The summed E-state index contributed by atoms with van der Waals surface area (Å²) in [7, 11) is 0. The minimum absolute atomic E-state index is 0.182. The van der Waals surface area contributed by atoms with Gasteiger partial charge in [-0.2, -0.15) is 0 Å². The zero-order chi connectivity index (χ0) is 14.5. The van der Waals surface area contributed by atoms with E-state index in [2.05, 4.69) is 32.6 Å². The Hall–Kier alpha value is -0.610. The molecule has 2 N–H and O–H groups in total. The van der Waals surface area contributed by atoms with Crippen LogP contribution in [-0.2, 0) is 4.79 Å². The predicted octanol–water partition coefficient (Wildman–Crippen LogP) is 1.69. The Morgan fingerprint density at radius 3 is 2.53 bits per heavy atom. The number of carbonyl (C=O) groups excluding carboxylic acids is 1. The maximum Gasteiger partial charge on any atom is 0.222 e. The second-order valence-corrected chi connectivity index (χ2v) is 6.52. The van der Waals surface area contributed by atoms with Crippen molar-refractivity contribution in [2.45, 2.75) is 53.0 Å². The second-order valence-electron chi connectivity index (χ2n) is 6.52. The first-order valence-corrected chi connectivity index (χ1v) is 7.61. The molecule has 0 saturated carbocycles. The van der Waals surface area contributed by atoms with E-state index in [1.165, 1.54) is 0 Å². The summed E-state index contributed by atoms with van der Waals surface area (Å²) in [4.78, 5) is 16.7. The highest BCUT2D eigenvalue weighted by molar-refractivity contribution is 5.76. The molecule has 4 heteroatoms. The fraction of sp³-hybridized carbons (Fsp3) is 0.933. The summed E-state index contributed by atoms with van der Waals surface area (Å²) in [6, 6.07) is 0.486. The molecule has 1 rings (SSSR count). The van der Waals surface area contributed by atoms with Gasteiger partial charge in [0.25, 0.3) is 0 Å². The van der Waals surface area contributed by atoms with Crippen molar-refractivity contribution >= 4 is 5.91 Å². The van der Waals surface area contributed by atoms with Crippen molar-refractivity contribution in [2.24, 2.45) is 11.1 Å². The number of amides is 1. The first-order chi connectivity index (χ1) is 8.89. The Morgan fingerprint density at radius 1 is 1.32 bits per heavy atom. The molecule has 0 bridgehead atoms. The van der Waals surface area contributed by atoms with Gasteiger partial charge in [0.2, 0.25) is 5.91 Å². The van der Waals surface area contributed by atoms with Gasteiger partial charge in [-0.1, -0.05) is 20.8 Å². The van der Waals surface area contributed by atoms with Crippen LogP contribution in [0.25, 0.3) is 0 Å². The van der Waals surface area contributed by atoms with Crippen LogP contribution in [0.1, 0.15) is 47.0 Å². The van der Waals surface area contributed by atoms with E-state index in [1.807, 2.05) is 4.90 Å². The van der Waals surface area contributed by atoms with E-state index in [0.717, 1.165) is 39.0 Å². The van der Waals surface area contributed by atoms with Crippen LogP contribution >= 0.6 is 0 Å². The normalized spacial score (nSPS) is 21.7. The molecule has 1 fully saturated rings. The van der Waals surface area contributed by atoms with E-state index in [9.17, 15) is 4.79 Å². The van der Waals surface area contributed by atoms with E-state index in [1.54, 1.807) is 0 Å². The summed E-state index contributed by atoms with van der Waals surface area (Å²) < 4.78 is 0. The van der Waals surface area contributed by atoms with Crippen molar-refractivity contribution in [3.05, 3.63) is 0 Å². The number of nitrogens with two attached hydrogens (primary N) is 1. The molecule has 1 amide bonds. The van der Waals surface area contributed by atoms with Gasteiger partial charge in [0, 0.05) is 32.1 Å². The Labute approximate surface area is 118 Å². The average Bonchev–Trinajstić information content (AvgIpc) is 2.36. The van der Waals surface area contributed by atoms with Crippen molar-refractivity contribution in [1.29, 1.82) is 0 Å². The molecule has 1 aliphatic rings. The zero-order valence-electron chi connectivity index (χ0n) is 13.1. The molecule has 1 unspecified atom stereocenters. The van der Waals surface area contributed by atoms with Crippen molar-refractivity contribution in [1.82, 2.24) is 9.80 Å². The van der Waals surface area contributed by atoms with Crippen LogP contribution in [0.4, 0.5) is 0 Å². The van der Waals surface area contributed by atoms with E-state index in [0.29, 0.717) is 24.9 Å². The summed E-state index contributed by atoms with van der Waals surface area (Å²) in [5.41, 5.74) is 5.79. The molecule has 19 heavy (non-hydrogen) atoms. The molecule has 0 aromatic rings. The smallest absolute Gasteiger partial charge is 0.222 e. The maximum absolute atomic E-state index is 12.3. The summed E-state index contributed by atoms with van der Waals surface area (Å²) in [5.74, 6) is 0.313. The van der Waals surface area contributed by atoms with Gasteiger partial charge in [-0.15, -0.1) is 0 Å². The highest BCUT2D eigenvalue weighted by atomic mass is 16.2. The van der Waals surface area contributed by atoms with E-state index < -0.39 is 0 Å². The third-order valence-corrected chi connectivity index (χ3v) is 4.36. The number of hydrogen-bond acceptors (Lipinski definition) is 3. The summed E-state index contributed by atoms with van der Waals surface area (Å²) in [6.07, 6.45) is 2.58. The number of likely N-dealkylation sites (N-methyl/N-ethyl adjacent to an activating group) is 1. The van der Waals surface area contributed by atoms with Gasteiger partial charge < -0.3 is 10.6 Å². The fourth-order valence-corrected chi connectivity index (χ4v) is 2.81. The number of nitrogens with zero attached hydrogens (tertiary/aromatic N) is 2. The van der Waals surface area contributed by atoms with Crippen LogP contribution in [0.5, 0.6) is 0 Å². The zero-order valence-corrected chi connectivity index (χ0v) is 13.1. The molecule has 1 heterocycles. The van der Waals surface area contributed by atoms with Crippen LogP contribution in [0.15, 0.2) is 0 Å². The van der Waals surface area contributed by atoms with Gasteiger partial charge in [0.1, 0.15) is 0 Å². The summed E-state index contributed by atoms with van der Waals surface area (Å²) in [6.45, 7) is 13.3. The molecule has 1 aliphatic heterocycles. The molecule has 0 aromatic heterocycles. The fourth-order valence-electron chi connectivity index (χ4n) is 2.81. The third-order valence-electron chi connectivity index (χ3n) is 4.36. The van der Waals surface area contributed by atoms with Crippen LogP contribution in [-0.4, -0.2) is 54.5 Å². The van der Waals surface area contributed by atoms with Crippen LogP contribution in [0.2, 0.25) is 0 Å². The molecule has 4 nitrogen and oxygen atoms in total. The molecule has 112 valence electrons. The molecular formula is C15H31N3O. The lowest BCUT2D eigenvalue weighted by Gasteiger charge is -2.39. The standard InChI is InChI=1S/C15H31N3O/c1-5-17-10-11-18(12-13(17)2)14(19)6-7-15(3,4)8-9-16/h13H,5-12,16H2,1-4H3. The molecule has 0 spiro atoms. The van der Waals surface area contributed by atoms with E-state index in [4.69, 9.17) is 5.73 Å². The van der Waals surface area contributed by atoms with Gasteiger partial charge in [-0.25, -0.2) is 0 Å². The van der Waals surface area contributed by atoms with E-state index >= 15 is 0 Å². The first kappa shape index (κ1) is 16.4. The Balaban J connectivity index is 2.39. The molecule has 0 aromatic carbocycles. The number of hydrogen-bond donors (Lipinski definition) is 1. The topological polar surface area (TPSA) is 49.6 Å². The monoisotopic (exact) mass is 269 g/mol. The van der Waals surface area contributed by atoms with Crippen molar-refractivity contribution in [3.63, 3.8) is 0 Å². The molecular weight excluding hydrogens is 238 g/mol. The lowest BCUT2D eigenvalue weighted by Crippen LogP contribution is -2.53. The van der Waals surface area contributed by atoms with Crippen molar-refractivity contribution in [3.8, 4) is 0 Å². The van der Waals surface area contributed by atoms with Gasteiger partial charge in [-0.3, -0.25) is 9.69 Å². The Bertz CT molecular complexity index is 291. The summed E-state index contributed by atoms with van der Waals surface area (Å²) in [5, 5.41) is 0. The number of piperazine rings is 1. The van der Waals surface area contributed by atoms with E-state index in [-0.39, 0.29) is 5.41 Å². The van der Waals surface area contributed by atoms with Gasteiger partial charge >= 0.3 is 0 Å². The Morgan fingerprint density at radius 2 is 2.00 bits per heavy atom. The van der Waals surface area contributed by atoms with Crippen molar-refractivity contribution < 1.29 is 4.79 Å². The molecule has 0 radical (unpaired) electrons. The second kappa shape index (κ2) is 7.25. The lowest BCUT2D eigenvalue weighted by atomic mass is 9.84. The molecule has 1 atom stereocenters. The van der Waals surface area contributed by atoms with Crippen LogP contribution < -0.4 is 5.73 Å². The predicted molar refractivity (Wildman–Crippen MR) is 80.0 cm³/mol. The average molecular weight is 269 g/mol. The highest BCUT2D eigenvalue weighted by Crippen LogP contribution is 2.26. The Kier molecular flexibility index (Phi) is 6.27. The quantitative estimate of drug-likeness (QED) is 0.798. The highest BCUT2D eigenvalue weighted by Gasteiger charge is 2.26.